The molecule has 2 aromatic heterocycles. The Kier molecular flexibility index (Phi) is 5.50. The quantitative estimate of drug-likeness (QED) is 0.792. The van der Waals surface area contributed by atoms with Crippen LogP contribution in [0.15, 0.2) is 29.1 Å². The van der Waals surface area contributed by atoms with Crippen LogP contribution in [0.2, 0.25) is 0 Å². The third kappa shape index (κ3) is 4.67. The van der Waals surface area contributed by atoms with Gasteiger partial charge in [-0.05, 0) is 19.4 Å². The lowest BCUT2D eigenvalue weighted by molar-refractivity contribution is -0.132. The van der Waals surface area contributed by atoms with Crippen molar-refractivity contribution in [3.8, 4) is 0 Å². The van der Waals surface area contributed by atoms with Gasteiger partial charge in [0.25, 0.3) is 0 Å². The molecule has 1 N–H and O–H groups in total. The zero-order chi connectivity index (χ0) is 17.8. The van der Waals surface area contributed by atoms with Crippen molar-refractivity contribution >= 4 is 5.91 Å². The predicted molar refractivity (Wildman–Crippen MR) is 90.5 cm³/mol. The summed E-state index contributed by atoms with van der Waals surface area (Å²) >= 11 is 0. The number of β-amino-alcohol motifs (C(OH)–C–C–N with tert-alkyl or cyclic N) is 1. The number of hydrogen-bond acceptors (Lipinski definition) is 6. The van der Waals surface area contributed by atoms with Crippen LogP contribution in [0.5, 0.6) is 0 Å². The molecule has 0 aliphatic carbocycles. The molecule has 0 bridgehead atoms. The summed E-state index contributed by atoms with van der Waals surface area (Å²) in [6.45, 7) is 6.44. The Bertz CT molecular complexity index is 684. The fraction of sp³-hybridized carbons (Fsp3) is 0.588. The zero-order valence-corrected chi connectivity index (χ0v) is 14.7. The van der Waals surface area contributed by atoms with Gasteiger partial charge in [0.15, 0.2) is 0 Å². The van der Waals surface area contributed by atoms with Gasteiger partial charge < -0.3 is 14.4 Å². The lowest BCUT2D eigenvalue weighted by Gasteiger charge is -2.27. The number of likely N-dealkylation sites (tertiary alicyclic amines) is 1. The molecule has 0 aromatic carbocycles. The van der Waals surface area contributed by atoms with Gasteiger partial charge in [-0.3, -0.25) is 14.4 Å². The lowest BCUT2D eigenvalue weighted by atomic mass is 10.2. The summed E-state index contributed by atoms with van der Waals surface area (Å²) in [5.74, 6) is 1.32. The second-order valence-electron chi connectivity index (χ2n) is 6.60. The topological polar surface area (TPSA) is 87.6 Å². The Labute approximate surface area is 147 Å². The molecule has 3 heterocycles. The van der Waals surface area contributed by atoms with Gasteiger partial charge in [0.2, 0.25) is 11.8 Å². The van der Waals surface area contributed by atoms with Crippen LogP contribution in [-0.2, 0) is 17.9 Å². The average Bonchev–Trinajstić information content (AvgIpc) is 3.27. The standard InChI is InChI=1S/C17H25N5O3/c1-13-8-18-17(25-13)12-22(14(2)23)15-4-7-20(9-15)10-16(24)11-21-6-3-5-19-21/h3,5-6,8,15-16,24H,4,7,9-12H2,1-2H3/t15-,16-/m1/s1. The fourth-order valence-electron chi connectivity index (χ4n) is 3.33. The number of aliphatic hydroxyl groups is 1. The molecule has 0 saturated carbocycles. The van der Waals surface area contributed by atoms with Crippen LogP contribution >= 0.6 is 0 Å². The first-order valence-corrected chi connectivity index (χ1v) is 8.57. The minimum Gasteiger partial charge on any atom is -0.444 e. The van der Waals surface area contributed by atoms with E-state index in [1.54, 1.807) is 24.0 Å². The Balaban J connectivity index is 1.53. The van der Waals surface area contributed by atoms with E-state index in [1.807, 2.05) is 24.1 Å². The van der Waals surface area contributed by atoms with Gasteiger partial charge in [-0.15, -0.1) is 0 Å². The smallest absolute Gasteiger partial charge is 0.220 e. The number of aryl methyl sites for hydroxylation is 1. The minimum absolute atomic E-state index is 0.0137. The second kappa shape index (κ2) is 7.79. The number of aromatic nitrogens is 3. The number of carbonyl (C=O) groups excluding carboxylic acids is 1. The van der Waals surface area contributed by atoms with E-state index >= 15 is 0 Å². The zero-order valence-electron chi connectivity index (χ0n) is 14.7. The summed E-state index contributed by atoms with van der Waals surface area (Å²) in [6.07, 6.45) is 5.60. The van der Waals surface area contributed by atoms with Gasteiger partial charge >= 0.3 is 0 Å². The number of amides is 1. The molecule has 136 valence electrons. The summed E-state index contributed by atoms with van der Waals surface area (Å²) in [4.78, 5) is 20.3. The largest absolute Gasteiger partial charge is 0.444 e. The molecule has 25 heavy (non-hydrogen) atoms. The van der Waals surface area contributed by atoms with Gasteiger partial charge in [-0.1, -0.05) is 0 Å². The van der Waals surface area contributed by atoms with E-state index in [1.165, 1.54) is 0 Å². The summed E-state index contributed by atoms with van der Waals surface area (Å²) in [5.41, 5.74) is 0. The number of hydrogen-bond donors (Lipinski definition) is 1. The second-order valence-corrected chi connectivity index (χ2v) is 6.60. The van der Waals surface area contributed by atoms with Crippen molar-refractivity contribution in [1.82, 2.24) is 24.6 Å². The average molecular weight is 347 g/mol. The molecule has 0 unspecified atom stereocenters. The normalized spacial score (nSPS) is 19.2. The minimum atomic E-state index is -0.487. The Hall–Kier alpha value is -2.19. The van der Waals surface area contributed by atoms with Crippen molar-refractivity contribution in [1.29, 1.82) is 0 Å². The first-order chi connectivity index (χ1) is 12.0. The first-order valence-electron chi connectivity index (χ1n) is 8.57. The molecule has 2 atom stereocenters. The maximum atomic E-state index is 12.1. The number of nitrogens with zero attached hydrogens (tertiary/aromatic N) is 5. The third-order valence-corrected chi connectivity index (χ3v) is 4.49. The van der Waals surface area contributed by atoms with E-state index in [2.05, 4.69) is 15.0 Å². The Morgan fingerprint density at radius 2 is 2.36 bits per heavy atom. The Morgan fingerprint density at radius 3 is 3.00 bits per heavy atom. The van der Waals surface area contributed by atoms with E-state index in [9.17, 15) is 9.90 Å². The van der Waals surface area contributed by atoms with Crippen molar-refractivity contribution in [2.45, 2.75) is 45.5 Å². The van der Waals surface area contributed by atoms with Crippen molar-refractivity contribution in [3.63, 3.8) is 0 Å². The molecular formula is C17H25N5O3. The van der Waals surface area contributed by atoms with E-state index < -0.39 is 6.10 Å². The first kappa shape index (κ1) is 17.6. The molecule has 1 aliphatic rings. The van der Waals surface area contributed by atoms with Crippen molar-refractivity contribution in [3.05, 3.63) is 36.3 Å². The molecule has 8 heteroatoms. The summed E-state index contributed by atoms with van der Waals surface area (Å²) in [5, 5.41) is 14.4. The van der Waals surface area contributed by atoms with E-state index in [-0.39, 0.29) is 11.9 Å². The molecule has 8 nitrogen and oxygen atoms in total. The summed E-state index contributed by atoms with van der Waals surface area (Å²) in [7, 11) is 0. The lowest BCUT2D eigenvalue weighted by Crippen LogP contribution is -2.41. The molecule has 0 spiro atoms. The molecule has 2 aromatic rings. The van der Waals surface area contributed by atoms with E-state index in [0.717, 1.165) is 25.3 Å². The number of oxazole rings is 1. The van der Waals surface area contributed by atoms with Crippen LogP contribution in [0.3, 0.4) is 0 Å². The number of rotatable bonds is 7. The van der Waals surface area contributed by atoms with Gasteiger partial charge in [-0.25, -0.2) is 4.98 Å². The molecular weight excluding hydrogens is 322 g/mol. The Morgan fingerprint density at radius 1 is 1.52 bits per heavy atom. The van der Waals surface area contributed by atoms with Gasteiger partial charge in [0.1, 0.15) is 5.76 Å². The molecule has 1 amide bonds. The maximum absolute atomic E-state index is 12.1. The number of aliphatic hydroxyl groups excluding tert-OH is 1. The van der Waals surface area contributed by atoms with Crippen LogP contribution in [-0.4, -0.2) is 67.4 Å². The monoisotopic (exact) mass is 347 g/mol. The van der Waals surface area contributed by atoms with E-state index in [0.29, 0.717) is 25.5 Å². The fourth-order valence-corrected chi connectivity index (χ4v) is 3.33. The molecule has 0 radical (unpaired) electrons. The van der Waals surface area contributed by atoms with Gasteiger partial charge in [0.05, 0.1) is 25.4 Å². The van der Waals surface area contributed by atoms with Crippen LogP contribution in [0.4, 0.5) is 0 Å². The molecule has 3 rings (SSSR count). The van der Waals surface area contributed by atoms with E-state index in [4.69, 9.17) is 4.42 Å². The highest BCUT2D eigenvalue weighted by Gasteiger charge is 2.31. The molecule has 1 fully saturated rings. The number of carbonyl (C=O) groups is 1. The van der Waals surface area contributed by atoms with Crippen LogP contribution in [0.1, 0.15) is 25.0 Å². The van der Waals surface area contributed by atoms with Crippen molar-refractivity contribution in [2.24, 2.45) is 0 Å². The highest BCUT2D eigenvalue weighted by Crippen LogP contribution is 2.19. The van der Waals surface area contributed by atoms with Crippen LogP contribution in [0, 0.1) is 6.92 Å². The van der Waals surface area contributed by atoms with Gasteiger partial charge in [0, 0.05) is 45.0 Å². The van der Waals surface area contributed by atoms with Crippen LogP contribution < -0.4 is 0 Å². The highest BCUT2D eigenvalue weighted by atomic mass is 16.4. The third-order valence-electron chi connectivity index (χ3n) is 4.49. The van der Waals surface area contributed by atoms with Crippen LogP contribution in [0.25, 0.3) is 0 Å². The SMILES string of the molecule is CC(=O)N(Cc1ncc(C)o1)[C@@H]1CCN(C[C@@H](O)Cn2cccn2)C1. The predicted octanol–water partition coefficient (Wildman–Crippen LogP) is 0.663. The molecule has 1 saturated heterocycles. The summed E-state index contributed by atoms with van der Waals surface area (Å²) in [6, 6.07) is 1.95. The van der Waals surface area contributed by atoms with Crippen molar-refractivity contribution in [2.75, 3.05) is 19.6 Å². The highest BCUT2D eigenvalue weighted by molar-refractivity contribution is 5.73. The maximum Gasteiger partial charge on any atom is 0.220 e. The van der Waals surface area contributed by atoms with Crippen molar-refractivity contribution < 1.29 is 14.3 Å². The molecule has 1 aliphatic heterocycles. The summed E-state index contributed by atoms with van der Waals surface area (Å²) < 4.78 is 7.23. The van der Waals surface area contributed by atoms with Gasteiger partial charge in [-0.2, -0.15) is 5.10 Å².